The van der Waals surface area contributed by atoms with Gasteiger partial charge in [0, 0.05) is 5.02 Å². The third-order valence-corrected chi connectivity index (χ3v) is 2.17. The molecule has 0 aromatic heterocycles. The molecule has 1 N–H and O–H groups in total. The van der Waals surface area contributed by atoms with E-state index in [9.17, 15) is 4.79 Å². The molecule has 1 rings (SSSR count). The lowest BCUT2D eigenvalue weighted by Gasteiger charge is -2.08. The van der Waals surface area contributed by atoms with Gasteiger partial charge in [-0.2, -0.15) is 0 Å². The van der Waals surface area contributed by atoms with Gasteiger partial charge in [0.2, 0.25) is 0 Å². The van der Waals surface area contributed by atoms with E-state index in [1.54, 1.807) is 12.1 Å². The molecule has 0 aliphatic carbocycles. The standard InChI is InChI=1S/C10H11ClO2/c1-7(6-10(12)13)8-2-4-9(11)5-3-8/h2-5,7H,6H2,1H3,(H,12,13)/t7-/m1/s1. The molecular weight excluding hydrogens is 188 g/mol. The van der Waals surface area contributed by atoms with Crippen LogP contribution in [0.25, 0.3) is 0 Å². The zero-order chi connectivity index (χ0) is 9.84. The van der Waals surface area contributed by atoms with Crippen molar-refractivity contribution >= 4 is 17.6 Å². The van der Waals surface area contributed by atoms with Crippen molar-refractivity contribution in [1.29, 1.82) is 0 Å². The molecule has 3 heteroatoms. The third kappa shape index (κ3) is 3.07. The summed E-state index contributed by atoms with van der Waals surface area (Å²) in [5.41, 5.74) is 1.01. The minimum absolute atomic E-state index is 0.0368. The molecule has 0 amide bonds. The summed E-state index contributed by atoms with van der Waals surface area (Å²) in [7, 11) is 0. The molecule has 1 aromatic carbocycles. The van der Waals surface area contributed by atoms with E-state index in [0.29, 0.717) is 5.02 Å². The number of hydrogen-bond donors (Lipinski definition) is 1. The molecule has 0 spiro atoms. The lowest BCUT2D eigenvalue weighted by molar-refractivity contribution is -0.137. The number of carboxylic acids is 1. The van der Waals surface area contributed by atoms with Crippen molar-refractivity contribution in [3.05, 3.63) is 34.9 Å². The Kier molecular flexibility index (Phi) is 3.32. The summed E-state index contributed by atoms with van der Waals surface area (Å²) >= 11 is 5.71. The lowest BCUT2D eigenvalue weighted by Crippen LogP contribution is -2.02. The Hall–Kier alpha value is -1.02. The van der Waals surface area contributed by atoms with E-state index in [0.717, 1.165) is 5.56 Å². The zero-order valence-corrected chi connectivity index (χ0v) is 8.08. The Morgan fingerprint density at radius 3 is 2.46 bits per heavy atom. The van der Waals surface area contributed by atoms with Crippen molar-refractivity contribution in [2.24, 2.45) is 0 Å². The Balaban J connectivity index is 2.71. The van der Waals surface area contributed by atoms with Gasteiger partial charge >= 0.3 is 5.97 Å². The van der Waals surface area contributed by atoms with E-state index in [2.05, 4.69) is 0 Å². The lowest BCUT2D eigenvalue weighted by atomic mass is 9.98. The number of rotatable bonds is 3. The average Bonchev–Trinajstić information content (AvgIpc) is 2.04. The van der Waals surface area contributed by atoms with Crippen molar-refractivity contribution in [3.8, 4) is 0 Å². The normalized spacial score (nSPS) is 12.5. The van der Waals surface area contributed by atoms with Gasteiger partial charge < -0.3 is 5.11 Å². The molecule has 1 aromatic rings. The van der Waals surface area contributed by atoms with Crippen LogP contribution in [0.3, 0.4) is 0 Å². The van der Waals surface area contributed by atoms with Crippen LogP contribution < -0.4 is 0 Å². The Labute approximate surface area is 82.2 Å². The van der Waals surface area contributed by atoms with E-state index < -0.39 is 5.97 Å². The van der Waals surface area contributed by atoms with Crippen molar-refractivity contribution in [2.45, 2.75) is 19.3 Å². The van der Waals surface area contributed by atoms with Gasteiger partial charge in [-0.05, 0) is 23.6 Å². The largest absolute Gasteiger partial charge is 0.481 e. The van der Waals surface area contributed by atoms with Gasteiger partial charge in [-0.15, -0.1) is 0 Å². The number of carboxylic acid groups (broad SMARTS) is 1. The summed E-state index contributed by atoms with van der Waals surface area (Å²) in [6.45, 7) is 1.89. The second-order valence-electron chi connectivity index (χ2n) is 3.05. The number of halogens is 1. The first-order valence-electron chi connectivity index (χ1n) is 4.07. The minimum Gasteiger partial charge on any atom is -0.481 e. The van der Waals surface area contributed by atoms with Crippen LogP contribution in [0.5, 0.6) is 0 Å². The molecule has 0 unspecified atom stereocenters. The summed E-state index contributed by atoms with van der Waals surface area (Å²) < 4.78 is 0. The molecular formula is C10H11ClO2. The van der Waals surface area contributed by atoms with Crippen molar-refractivity contribution in [2.75, 3.05) is 0 Å². The van der Waals surface area contributed by atoms with E-state index in [1.165, 1.54) is 0 Å². The van der Waals surface area contributed by atoms with E-state index in [-0.39, 0.29) is 12.3 Å². The van der Waals surface area contributed by atoms with Gasteiger partial charge in [-0.3, -0.25) is 4.79 Å². The van der Waals surface area contributed by atoms with Gasteiger partial charge in [0.15, 0.2) is 0 Å². The molecule has 0 bridgehead atoms. The Morgan fingerprint density at radius 2 is 2.00 bits per heavy atom. The fourth-order valence-electron chi connectivity index (χ4n) is 1.17. The maximum Gasteiger partial charge on any atom is 0.303 e. The quantitative estimate of drug-likeness (QED) is 0.811. The first-order valence-corrected chi connectivity index (χ1v) is 4.44. The number of benzene rings is 1. The molecule has 0 radical (unpaired) electrons. The highest BCUT2D eigenvalue weighted by Crippen LogP contribution is 2.20. The van der Waals surface area contributed by atoms with Crippen LogP contribution in [-0.2, 0) is 4.79 Å². The summed E-state index contributed by atoms with van der Waals surface area (Å²) in [6.07, 6.45) is 0.154. The zero-order valence-electron chi connectivity index (χ0n) is 7.33. The van der Waals surface area contributed by atoms with Crippen LogP contribution in [0.2, 0.25) is 5.02 Å². The summed E-state index contributed by atoms with van der Waals surface area (Å²) in [6, 6.07) is 7.26. The smallest absolute Gasteiger partial charge is 0.303 e. The SMILES string of the molecule is C[C@H](CC(=O)O)c1ccc(Cl)cc1. The van der Waals surface area contributed by atoms with Crippen molar-refractivity contribution < 1.29 is 9.90 Å². The summed E-state index contributed by atoms with van der Waals surface area (Å²) in [5, 5.41) is 9.25. The van der Waals surface area contributed by atoms with Crippen LogP contribution in [-0.4, -0.2) is 11.1 Å². The first-order chi connectivity index (χ1) is 6.09. The van der Waals surface area contributed by atoms with E-state index in [1.807, 2.05) is 19.1 Å². The highest BCUT2D eigenvalue weighted by Gasteiger charge is 2.09. The maximum atomic E-state index is 10.4. The topological polar surface area (TPSA) is 37.3 Å². The van der Waals surface area contributed by atoms with Crippen LogP contribution in [0.1, 0.15) is 24.8 Å². The highest BCUT2D eigenvalue weighted by atomic mass is 35.5. The molecule has 0 fully saturated rings. The van der Waals surface area contributed by atoms with Gasteiger partial charge in [0.25, 0.3) is 0 Å². The predicted octanol–water partition coefficient (Wildman–Crippen LogP) is 2.92. The fourth-order valence-corrected chi connectivity index (χ4v) is 1.30. The van der Waals surface area contributed by atoms with E-state index >= 15 is 0 Å². The second kappa shape index (κ2) is 4.28. The molecule has 0 saturated heterocycles. The van der Waals surface area contributed by atoms with Crippen LogP contribution in [0.4, 0.5) is 0 Å². The van der Waals surface area contributed by atoms with Crippen molar-refractivity contribution in [3.63, 3.8) is 0 Å². The van der Waals surface area contributed by atoms with Gasteiger partial charge in [0.05, 0.1) is 6.42 Å². The number of carbonyl (C=O) groups is 1. The second-order valence-corrected chi connectivity index (χ2v) is 3.49. The average molecular weight is 199 g/mol. The summed E-state index contributed by atoms with van der Waals surface area (Å²) in [4.78, 5) is 10.4. The van der Waals surface area contributed by atoms with Crippen molar-refractivity contribution in [1.82, 2.24) is 0 Å². The van der Waals surface area contributed by atoms with Gasteiger partial charge in [-0.1, -0.05) is 30.7 Å². The first kappa shape index (κ1) is 10.1. The molecule has 0 saturated carbocycles. The Morgan fingerprint density at radius 1 is 1.46 bits per heavy atom. The van der Waals surface area contributed by atoms with E-state index in [4.69, 9.17) is 16.7 Å². The van der Waals surface area contributed by atoms with Crippen LogP contribution in [0, 0.1) is 0 Å². The predicted molar refractivity (Wildman–Crippen MR) is 52.1 cm³/mol. The third-order valence-electron chi connectivity index (χ3n) is 1.92. The van der Waals surface area contributed by atoms with Crippen LogP contribution in [0.15, 0.2) is 24.3 Å². The minimum atomic E-state index is -0.776. The molecule has 0 aliphatic heterocycles. The van der Waals surface area contributed by atoms with Gasteiger partial charge in [-0.25, -0.2) is 0 Å². The molecule has 1 atom stereocenters. The molecule has 0 aliphatic rings. The Bertz CT molecular complexity index is 292. The highest BCUT2D eigenvalue weighted by molar-refractivity contribution is 6.30. The monoisotopic (exact) mass is 198 g/mol. The number of aliphatic carboxylic acids is 1. The maximum absolute atomic E-state index is 10.4. The molecule has 70 valence electrons. The van der Waals surface area contributed by atoms with Crippen LogP contribution >= 0.6 is 11.6 Å². The fraction of sp³-hybridized carbons (Fsp3) is 0.300. The molecule has 2 nitrogen and oxygen atoms in total. The summed E-state index contributed by atoms with van der Waals surface area (Å²) in [5.74, 6) is -0.739. The van der Waals surface area contributed by atoms with Gasteiger partial charge in [0.1, 0.15) is 0 Å². The molecule has 0 heterocycles. The molecule has 13 heavy (non-hydrogen) atoms. The number of hydrogen-bond acceptors (Lipinski definition) is 1.